The van der Waals surface area contributed by atoms with Crippen LogP contribution in [0.5, 0.6) is 0 Å². The molecule has 3 aromatic heterocycles. The van der Waals surface area contributed by atoms with Crippen molar-refractivity contribution in [2.75, 3.05) is 23.3 Å². The Labute approximate surface area is 132 Å². The van der Waals surface area contributed by atoms with E-state index in [1.165, 1.54) is 0 Å². The fourth-order valence-electron chi connectivity index (χ4n) is 2.63. The van der Waals surface area contributed by atoms with Gasteiger partial charge in [0, 0.05) is 31.5 Å². The molecular weight excluding hydrogens is 302 g/mol. The first-order valence-electron chi connectivity index (χ1n) is 7.07. The number of hydrogen-bond acceptors (Lipinski definition) is 6. The van der Waals surface area contributed by atoms with Crippen LogP contribution >= 0.6 is 11.6 Å². The summed E-state index contributed by atoms with van der Waals surface area (Å²) < 4.78 is 1.76. The monoisotopic (exact) mass is 315 g/mol. The minimum atomic E-state index is 0.313. The van der Waals surface area contributed by atoms with E-state index in [0.717, 1.165) is 31.0 Å². The van der Waals surface area contributed by atoms with Crippen LogP contribution in [0, 0.1) is 0 Å². The SMILES string of the molecule is Clc1cnc(N2CCC(Nc3ccc4nccn4n3)C2)nc1. The predicted molar refractivity (Wildman–Crippen MR) is 84.3 cm³/mol. The summed E-state index contributed by atoms with van der Waals surface area (Å²) in [6.45, 7) is 1.75. The maximum atomic E-state index is 5.82. The van der Waals surface area contributed by atoms with E-state index in [2.05, 4.69) is 30.3 Å². The third-order valence-corrected chi connectivity index (χ3v) is 3.88. The van der Waals surface area contributed by atoms with Gasteiger partial charge in [0.1, 0.15) is 5.82 Å². The highest BCUT2D eigenvalue weighted by Gasteiger charge is 2.24. The fourth-order valence-corrected chi connectivity index (χ4v) is 2.73. The average molecular weight is 316 g/mol. The molecule has 0 saturated carbocycles. The minimum absolute atomic E-state index is 0.313. The quantitative estimate of drug-likeness (QED) is 0.795. The number of anilines is 2. The molecule has 1 unspecified atom stereocenters. The van der Waals surface area contributed by atoms with E-state index in [0.29, 0.717) is 17.0 Å². The summed E-state index contributed by atoms with van der Waals surface area (Å²) in [4.78, 5) is 14.9. The number of fused-ring (bicyclic) bond motifs is 1. The lowest BCUT2D eigenvalue weighted by Crippen LogP contribution is -2.27. The zero-order chi connectivity index (χ0) is 14.9. The van der Waals surface area contributed by atoms with Crippen LogP contribution in [0.2, 0.25) is 5.02 Å². The Morgan fingerprint density at radius 3 is 2.91 bits per heavy atom. The second-order valence-electron chi connectivity index (χ2n) is 5.23. The summed E-state index contributed by atoms with van der Waals surface area (Å²) in [5, 5.41) is 8.49. The van der Waals surface area contributed by atoms with Crippen LogP contribution in [0.1, 0.15) is 6.42 Å². The zero-order valence-corrected chi connectivity index (χ0v) is 12.5. The van der Waals surface area contributed by atoms with Crippen molar-refractivity contribution < 1.29 is 0 Å². The maximum Gasteiger partial charge on any atom is 0.225 e. The molecule has 4 rings (SSSR count). The first kappa shape index (κ1) is 13.3. The lowest BCUT2D eigenvalue weighted by Gasteiger charge is -2.17. The topological polar surface area (TPSA) is 71.2 Å². The molecule has 0 aromatic carbocycles. The van der Waals surface area contributed by atoms with Crippen LogP contribution in [0.4, 0.5) is 11.8 Å². The lowest BCUT2D eigenvalue weighted by molar-refractivity contribution is 0.786. The number of nitrogens with one attached hydrogen (secondary N) is 1. The van der Waals surface area contributed by atoms with Crippen LogP contribution in [-0.2, 0) is 0 Å². The van der Waals surface area contributed by atoms with Crippen molar-refractivity contribution in [3.8, 4) is 0 Å². The van der Waals surface area contributed by atoms with Gasteiger partial charge in [0.25, 0.3) is 0 Å². The standard InChI is InChI=1S/C14H14ClN7/c15-10-7-17-14(18-8-10)21-5-3-11(9-21)19-12-1-2-13-16-4-6-22(13)20-12/h1-2,4,6-8,11H,3,5,9H2,(H,19,20). The van der Waals surface area contributed by atoms with E-state index in [1.807, 2.05) is 18.3 Å². The second-order valence-corrected chi connectivity index (χ2v) is 5.66. The highest BCUT2D eigenvalue weighted by atomic mass is 35.5. The number of nitrogens with zero attached hydrogens (tertiary/aromatic N) is 6. The van der Waals surface area contributed by atoms with Gasteiger partial charge < -0.3 is 10.2 Å². The van der Waals surface area contributed by atoms with Crippen LogP contribution in [0.25, 0.3) is 5.65 Å². The largest absolute Gasteiger partial charge is 0.364 e. The molecule has 112 valence electrons. The van der Waals surface area contributed by atoms with Gasteiger partial charge in [-0.1, -0.05) is 11.6 Å². The first-order valence-corrected chi connectivity index (χ1v) is 7.45. The molecule has 4 heterocycles. The molecule has 0 radical (unpaired) electrons. The third-order valence-electron chi connectivity index (χ3n) is 3.68. The number of halogens is 1. The number of imidazole rings is 1. The molecule has 0 aliphatic carbocycles. The first-order chi connectivity index (χ1) is 10.8. The number of aromatic nitrogens is 5. The summed E-state index contributed by atoms with van der Waals surface area (Å²) in [7, 11) is 0. The molecule has 0 spiro atoms. The maximum absolute atomic E-state index is 5.82. The van der Waals surface area contributed by atoms with Gasteiger partial charge in [0.15, 0.2) is 5.65 Å². The molecule has 8 heteroatoms. The van der Waals surface area contributed by atoms with E-state index in [1.54, 1.807) is 23.1 Å². The summed E-state index contributed by atoms with van der Waals surface area (Å²) in [6.07, 6.45) is 7.83. The fraction of sp³-hybridized carbons (Fsp3) is 0.286. The highest BCUT2D eigenvalue weighted by molar-refractivity contribution is 6.30. The predicted octanol–water partition coefficient (Wildman–Crippen LogP) is 1.86. The number of hydrogen-bond donors (Lipinski definition) is 1. The van der Waals surface area contributed by atoms with Gasteiger partial charge in [-0.3, -0.25) is 0 Å². The number of rotatable bonds is 3. The molecule has 0 bridgehead atoms. The van der Waals surface area contributed by atoms with Gasteiger partial charge in [0.2, 0.25) is 5.95 Å². The summed E-state index contributed by atoms with van der Waals surface area (Å²) >= 11 is 5.82. The molecule has 22 heavy (non-hydrogen) atoms. The van der Waals surface area contributed by atoms with Crippen LogP contribution < -0.4 is 10.2 Å². The molecule has 1 aliphatic rings. The van der Waals surface area contributed by atoms with E-state index in [4.69, 9.17) is 11.6 Å². The van der Waals surface area contributed by atoms with E-state index in [9.17, 15) is 0 Å². The van der Waals surface area contributed by atoms with Crippen molar-refractivity contribution in [1.82, 2.24) is 24.6 Å². The second kappa shape index (κ2) is 5.42. The van der Waals surface area contributed by atoms with Gasteiger partial charge in [-0.15, -0.1) is 5.10 Å². The lowest BCUT2D eigenvalue weighted by atomic mass is 10.2. The Kier molecular flexibility index (Phi) is 3.27. The smallest absolute Gasteiger partial charge is 0.225 e. The summed E-state index contributed by atoms with van der Waals surface area (Å²) in [5.41, 5.74) is 0.841. The molecule has 1 saturated heterocycles. The van der Waals surface area contributed by atoms with Crippen molar-refractivity contribution in [3.05, 3.63) is 41.9 Å². The molecule has 0 amide bonds. The van der Waals surface area contributed by atoms with Crippen molar-refractivity contribution in [1.29, 1.82) is 0 Å². The van der Waals surface area contributed by atoms with E-state index >= 15 is 0 Å². The molecule has 1 fully saturated rings. The van der Waals surface area contributed by atoms with Gasteiger partial charge >= 0.3 is 0 Å². The Balaban J connectivity index is 1.45. The van der Waals surface area contributed by atoms with Gasteiger partial charge in [0.05, 0.1) is 17.4 Å². The van der Waals surface area contributed by atoms with Gasteiger partial charge in [-0.25, -0.2) is 19.5 Å². The van der Waals surface area contributed by atoms with Crippen molar-refractivity contribution >= 4 is 29.0 Å². The van der Waals surface area contributed by atoms with Crippen molar-refractivity contribution in [3.63, 3.8) is 0 Å². The molecule has 1 atom stereocenters. The zero-order valence-electron chi connectivity index (χ0n) is 11.7. The Hall–Kier alpha value is -2.41. The molecule has 3 aromatic rings. The summed E-state index contributed by atoms with van der Waals surface area (Å²) in [6, 6.07) is 4.21. The van der Waals surface area contributed by atoms with E-state index < -0.39 is 0 Å². The summed E-state index contributed by atoms with van der Waals surface area (Å²) in [5.74, 6) is 1.56. The van der Waals surface area contributed by atoms with Gasteiger partial charge in [-0.2, -0.15) is 0 Å². The molecule has 1 aliphatic heterocycles. The molecule has 1 N–H and O–H groups in total. The Morgan fingerprint density at radius 1 is 1.18 bits per heavy atom. The molecular formula is C14H14ClN7. The van der Waals surface area contributed by atoms with Crippen molar-refractivity contribution in [2.45, 2.75) is 12.5 Å². The Morgan fingerprint density at radius 2 is 2.05 bits per heavy atom. The van der Waals surface area contributed by atoms with Crippen LogP contribution in [-0.4, -0.2) is 43.7 Å². The average Bonchev–Trinajstić information content (AvgIpc) is 3.17. The van der Waals surface area contributed by atoms with E-state index in [-0.39, 0.29) is 0 Å². The third kappa shape index (κ3) is 2.55. The van der Waals surface area contributed by atoms with Crippen LogP contribution in [0.15, 0.2) is 36.9 Å². The Bertz CT molecular complexity index is 785. The highest BCUT2D eigenvalue weighted by Crippen LogP contribution is 2.19. The van der Waals surface area contributed by atoms with Crippen molar-refractivity contribution in [2.24, 2.45) is 0 Å². The molecule has 7 nitrogen and oxygen atoms in total. The minimum Gasteiger partial charge on any atom is -0.364 e. The van der Waals surface area contributed by atoms with Crippen LogP contribution in [0.3, 0.4) is 0 Å². The van der Waals surface area contributed by atoms with Gasteiger partial charge in [-0.05, 0) is 18.6 Å². The normalized spacial score (nSPS) is 18.0.